The Hall–Kier alpha value is -2.27. The van der Waals surface area contributed by atoms with Crippen molar-refractivity contribution in [1.82, 2.24) is 0 Å². The van der Waals surface area contributed by atoms with Gasteiger partial charge in [-0.3, -0.25) is 9.59 Å². The van der Waals surface area contributed by atoms with E-state index in [1.807, 2.05) is 49.4 Å². The van der Waals surface area contributed by atoms with E-state index >= 15 is 0 Å². The first-order valence-electron chi connectivity index (χ1n) is 8.52. The monoisotopic (exact) mass is 429 g/mol. The van der Waals surface area contributed by atoms with E-state index in [9.17, 15) is 9.59 Å². The lowest BCUT2D eigenvalue weighted by atomic mass is 10.1. The fourth-order valence-electron chi connectivity index (χ4n) is 2.63. The topological polar surface area (TPSA) is 46.2 Å². The number of Topliss-reactive ketones (excluding diaryl/α,β-unsaturated/α-hetero) is 1. The number of benzene rings is 3. The molecular formula is C22H17Cl2NO2S. The summed E-state index contributed by atoms with van der Waals surface area (Å²) >= 11 is 13.4. The van der Waals surface area contributed by atoms with Crippen LogP contribution in [0.5, 0.6) is 0 Å². The van der Waals surface area contributed by atoms with Gasteiger partial charge in [-0.05, 0) is 55.0 Å². The number of halogens is 2. The highest BCUT2D eigenvalue weighted by Gasteiger charge is 2.12. The van der Waals surface area contributed by atoms with Gasteiger partial charge >= 0.3 is 0 Å². The Morgan fingerprint density at radius 2 is 1.71 bits per heavy atom. The largest absolute Gasteiger partial charge is 0.322 e. The van der Waals surface area contributed by atoms with Crippen LogP contribution in [0.1, 0.15) is 26.3 Å². The summed E-state index contributed by atoms with van der Waals surface area (Å²) < 4.78 is 0. The van der Waals surface area contributed by atoms with Crippen LogP contribution < -0.4 is 5.32 Å². The average Bonchev–Trinajstić information content (AvgIpc) is 2.66. The highest BCUT2D eigenvalue weighted by Crippen LogP contribution is 2.26. The molecule has 0 bridgehead atoms. The lowest BCUT2D eigenvalue weighted by Crippen LogP contribution is -2.13. The van der Waals surface area contributed by atoms with Gasteiger partial charge in [0, 0.05) is 26.7 Å². The van der Waals surface area contributed by atoms with Crippen molar-refractivity contribution in [2.24, 2.45) is 0 Å². The standard InChI is InChI=1S/C22H17Cl2NO2S/c1-14-5-2-3-8-18(14)22(27)25-16-6-4-7-17(12-16)28-13-21(26)19-10-9-15(23)11-20(19)24/h2-12H,13H2,1H3,(H,25,27). The zero-order valence-electron chi connectivity index (χ0n) is 15.0. The van der Waals surface area contributed by atoms with Crippen molar-refractivity contribution >= 4 is 52.3 Å². The molecule has 0 heterocycles. The zero-order chi connectivity index (χ0) is 20.1. The maximum absolute atomic E-state index is 12.5. The Morgan fingerprint density at radius 1 is 0.929 bits per heavy atom. The van der Waals surface area contributed by atoms with Crippen LogP contribution in [-0.4, -0.2) is 17.4 Å². The highest BCUT2D eigenvalue weighted by molar-refractivity contribution is 8.00. The van der Waals surface area contributed by atoms with Crippen molar-refractivity contribution < 1.29 is 9.59 Å². The van der Waals surface area contributed by atoms with Gasteiger partial charge in [0.2, 0.25) is 0 Å². The number of carbonyl (C=O) groups excluding carboxylic acids is 2. The third kappa shape index (κ3) is 5.16. The van der Waals surface area contributed by atoms with Gasteiger partial charge in [-0.1, -0.05) is 47.5 Å². The van der Waals surface area contributed by atoms with E-state index in [0.717, 1.165) is 10.5 Å². The third-order valence-electron chi connectivity index (χ3n) is 4.08. The number of aryl methyl sites for hydroxylation is 1. The van der Waals surface area contributed by atoms with E-state index in [4.69, 9.17) is 23.2 Å². The molecule has 6 heteroatoms. The molecule has 3 aromatic carbocycles. The molecule has 3 nitrogen and oxygen atoms in total. The van der Waals surface area contributed by atoms with Crippen molar-refractivity contribution in [3.8, 4) is 0 Å². The molecule has 0 saturated heterocycles. The number of ketones is 1. The van der Waals surface area contributed by atoms with E-state index < -0.39 is 0 Å². The lowest BCUT2D eigenvalue weighted by Gasteiger charge is -2.09. The van der Waals surface area contributed by atoms with E-state index in [1.54, 1.807) is 24.3 Å². The van der Waals surface area contributed by atoms with Crippen molar-refractivity contribution in [1.29, 1.82) is 0 Å². The minimum Gasteiger partial charge on any atom is -0.322 e. The van der Waals surface area contributed by atoms with Crippen LogP contribution in [0, 0.1) is 6.92 Å². The van der Waals surface area contributed by atoms with E-state index in [-0.39, 0.29) is 17.4 Å². The maximum atomic E-state index is 12.5. The Bertz CT molecular complexity index is 1040. The molecular weight excluding hydrogens is 413 g/mol. The summed E-state index contributed by atoms with van der Waals surface area (Å²) in [4.78, 5) is 25.8. The van der Waals surface area contributed by atoms with E-state index in [0.29, 0.717) is 26.9 Å². The summed E-state index contributed by atoms with van der Waals surface area (Å²) in [5.74, 6) is -0.0124. The first-order valence-corrected chi connectivity index (χ1v) is 10.3. The molecule has 0 fully saturated rings. The highest BCUT2D eigenvalue weighted by atomic mass is 35.5. The minimum atomic E-state index is -0.163. The second kappa shape index (κ2) is 9.28. The van der Waals surface area contributed by atoms with Gasteiger partial charge in [0.25, 0.3) is 5.91 Å². The number of hydrogen-bond acceptors (Lipinski definition) is 3. The fraction of sp³-hybridized carbons (Fsp3) is 0.0909. The molecule has 28 heavy (non-hydrogen) atoms. The number of amides is 1. The lowest BCUT2D eigenvalue weighted by molar-refractivity contribution is 0.101. The van der Waals surface area contributed by atoms with Crippen LogP contribution in [-0.2, 0) is 0 Å². The van der Waals surface area contributed by atoms with Gasteiger partial charge in [-0.2, -0.15) is 0 Å². The average molecular weight is 430 g/mol. The molecule has 1 amide bonds. The molecule has 0 unspecified atom stereocenters. The van der Waals surface area contributed by atoms with Crippen LogP contribution >= 0.6 is 35.0 Å². The Labute approximate surface area is 178 Å². The zero-order valence-corrected chi connectivity index (χ0v) is 17.4. The summed E-state index contributed by atoms with van der Waals surface area (Å²) in [6.07, 6.45) is 0. The molecule has 1 N–H and O–H groups in total. The summed E-state index contributed by atoms with van der Waals surface area (Å²) in [5, 5.41) is 3.74. The van der Waals surface area contributed by atoms with Crippen LogP contribution in [0.4, 0.5) is 5.69 Å². The van der Waals surface area contributed by atoms with Gasteiger partial charge < -0.3 is 5.32 Å². The molecule has 3 rings (SSSR count). The maximum Gasteiger partial charge on any atom is 0.255 e. The molecule has 0 aliphatic heterocycles. The molecule has 0 atom stereocenters. The fourth-order valence-corrected chi connectivity index (χ4v) is 3.98. The van der Waals surface area contributed by atoms with Gasteiger partial charge in [-0.15, -0.1) is 11.8 Å². The molecule has 0 aliphatic rings. The second-order valence-corrected chi connectivity index (χ2v) is 8.03. The number of thioether (sulfide) groups is 1. The Balaban J connectivity index is 1.66. The summed E-state index contributed by atoms with van der Waals surface area (Å²) in [7, 11) is 0. The molecule has 0 aliphatic carbocycles. The number of hydrogen-bond donors (Lipinski definition) is 1. The molecule has 0 saturated carbocycles. The first-order chi connectivity index (χ1) is 13.4. The molecule has 0 aromatic heterocycles. The van der Waals surface area contributed by atoms with Gasteiger partial charge in [0.05, 0.1) is 10.8 Å². The second-order valence-electron chi connectivity index (χ2n) is 6.13. The van der Waals surface area contributed by atoms with Crippen molar-refractivity contribution in [2.75, 3.05) is 11.1 Å². The first kappa shape index (κ1) is 20.5. The predicted molar refractivity (Wildman–Crippen MR) is 117 cm³/mol. The van der Waals surface area contributed by atoms with E-state index in [1.165, 1.54) is 11.8 Å². The molecule has 3 aromatic rings. The quantitative estimate of drug-likeness (QED) is 0.357. The van der Waals surface area contributed by atoms with Crippen molar-refractivity contribution in [3.63, 3.8) is 0 Å². The van der Waals surface area contributed by atoms with Crippen LogP contribution in [0.2, 0.25) is 10.0 Å². The predicted octanol–water partition coefficient (Wildman–Crippen LogP) is 6.53. The van der Waals surface area contributed by atoms with Gasteiger partial charge in [0.1, 0.15) is 0 Å². The molecule has 0 radical (unpaired) electrons. The van der Waals surface area contributed by atoms with E-state index in [2.05, 4.69) is 5.32 Å². The van der Waals surface area contributed by atoms with Gasteiger partial charge in [0.15, 0.2) is 5.78 Å². The van der Waals surface area contributed by atoms with Crippen molar-refractivity contribution in [2.45, 2.75) is 11.8 Å². The number of nitrogens with one attached hydrogen (secondary N) is 1. The van der Waals surface area contributed by atoms with Gasteiger partial charge in [-0.25, -0.2) is 0 Å². The Kier molecular flexibility index (Phi) is 6.79. The van der Waals surface area contributed by atoms with Crippen LogP contribution in [0.25, 0.3) is 0 Å². The summed E-state index contributed by atoms with van der Waals surface area (Å²) in [6.45, 7) is 1.90. The number of carbonyl (C=O) groups is 2. The number of anilines is 1. The normalized spacial score (nSPS) is 10.5. The van der Waals surface area contributed by atoms with Crippen molar-refractivity contribution in [3.05, 3.63) is 93.5 Å². The van der Waals surface area contributed by atoms with Crippen LogP contribution in [0.3, 0.4) is 0 Å². The van der Waals surface area contributed by atoms with Crippen LogP contribution in [0.15, 0.2) is 71.6 Å². The third-order valence-corrected chi connectivity index (χ3v) is 5.62. The smallest absolute Gasteiger partial charge is 0.255 e. The Morgan fingerprint density at radius 3 is 2.46 bits per heavy atom. The molecule has 142 valence electrons. The minimum absolute atomic E-state index is 0.0824. The number of rotatable bonds is 6. The molecule has 0 spiro atoms. The summed E-state index contributed by atoms with van der Waals surface area (Å²) in [5.41, 5.74) is 2.67. The SMILES string of the molecule is Cc1ccccc1C(=O)Nc1cccc(SCC(=O)c2ccc(Cl)cc2Cl)c1. The summed E-state index contributed by atoms with van der Waals surface area (Å²) in [6, 6.07) is 19.7.